The Morgan fingerprint density at radius 1 is 1.00 bits per heavy atom. The number of aromatic amines is 1. The molecule has 0 fully saturated rings. The van der Waals surface area contributed by atoms with Gasteiger partial charge in [0.1, 0.15) is 0 Å². The smallest absolute Gasteiger partial charge is 0.301 e. The molecular formula is C19H26N2O4S. The minimum absolute atomic E-state index is 0.114. The third-order valence-corrected chi connectivity index (χ3v) is 6.46. The molecule has 1 N–H and O–H groups in total. The molecular weight excluding hydrogens is 352 g/mol. The Morgan fingerprint density at radius 3 is 2.35 bits per heavy atom. The highest BCUT2D eigenvalue weighted by Gasteiger charge is 2.27. The average Bonchev–Trinajstić information content (AvgIpc) is 2.56. The maximum absolute atomic E-state index is 12.4. The Bertz CT molecular complexity index is 928. The maximum atomic E-state index is 12.4. The highest BCUT2D eigenvalue weighted by Crippen LogP contribution is 2.25. The fraction of sp³-hybridized carbons (Fsp3) is 0.474. The van der Waals surface area contributed by atoms with E-state index in [1.54, 1.807) is 0 Å². The molecule has 0 saturated carbocycles. The first-order valence-electron chi connectivity index (χ1n) is 8.75. The number of H-pyrrole nitrogens is 1. The number of rotatable bonds is 9. The van der Waals surface area contributed by atoms with Gasteiger partial charge in [0.05, 0.1) is 11.5 Å². The highest BCUT2D eigenvalue weighted by atomic mass is 32.2. The van der Waals surface area contributed by atoms with E-state index in [4.69, 9.17) is 0 Å². The lowest BCUT2D eigenvalue weighted by Crippen LogP contribution is -2.30. The van der Waals surface area contributed by atoms with Crippen LogP contribution in [0.4, 0.5) is 0 Å². The summed E-state index contributed by atoms with van der Waals surface area (Å²) in [7, 11) is -3.16. The number of nitrogens with zero attached hydrogens (tertiary/aromatic N) is 1. The zero-order valence-corrected chi connectivity index (χ0v) is 16.1. The molecule has 0 saturated heterocycles. The van der Waals surface area contributed by atoms with Gasteiger partial charge in [0.2, 0.25) is 0 Å². The van der Waals surface area contributed by atoms with Gasteiger partial charge in [-0.15, -0.1) is 0 Å². The van der Waals surface area contributed by atoms with Crippen molar-refractivity contribution in [1.29, 1.82) is 0 Å². The predicted octanol–water partition coefficient (Wildman–Crippen LogP) is 2.10. The number of aromatic nitrogens is 2. The molecule has 0 aliphatic rings. The largest absolute Gasteiger partial charge is 0.328 e. The first-order valence-corrected chi connectivity index (χ1v) is 10.6. The van der Waals surface area contributed by atoms with E-state index in [1.807, 2.05) is 44.2 Å². The summed E-state index contributed by atoms with van der Waals surface area (Å²) >= 11 is 0. The van der Waals surface area contributed by atoms with Crippen LogP contribution in [-0.2, 0) is 21.8 Å². The van der Waals surface area contributed by atoms with E-state index in [9.17, 15) is 18.0 Å². The number of hydrogen-bond donors (Lipinski definition) is 1. The summed E-state index contributed by atoms with van der Waals surface area (Å²) in [6.07, 6.45) is 3.41. The summed E-state index contributed by atoms with van der Waals surface area (Å²) in [6, 6.07) is 11.0. The SMILES string of the molecule is CC(C)(CS(=O)(=O)CCCCCn1ccc(=O)[nH]c1=O)c1ccccc1. The minimum atomic E-state index is -3.16. The normalized spacial score (nSPS) is 12.2. The maximum Gasteiger partial charge on any atom is 0.328 e. The van der Waals surface area contributed by atoms with Gasteiger partial charge in [0, 0.05) is 24.2 Å². The summed E-state index contributed by atoms with van der Waals surface area (Å²) < 4.78 is 26.3. The van der Waals surface area contributed by atoms with Gasteiger partial charge in [-0.2, -0.15) is 0 Å². The van der Waals surface area contributed by atoms with Crippen molar-refractivity contribution in [2.24, 2.45) is 0 Å². The number of sulfone groups is 1. The third-order valence-electron chi connectivity index (χ3n) is 4.39. The van der Waals surface area contributed by atoms with Gasteiger partial charge in [-0.1, -0.05) is 50.6 Å². The molecule has 0 amide bonds. The van der Waals surface area contributed by atoms with Gasteiger partial charge in [0.15, 0.2) is 9.84 Å². The second-order valence-corrected chi connectivity index (χ2v) is 9.39. The molecule has 6 nitrogen and oxygen atoms in total. The molecule has 0 atom stereocenters. The van der Waals surface area contributed by atoms with Crippen LogP contribution in [0.2, 0.25) is 0 Å². The van der Waals surface area contributed by atoms with Gasteiger partial charge in [-0.25, -0.2) is 13.2 Å². The summed E-state index contributed by atoms with van der Waals surface area (Å²) in [5, 5.41) is 0. The molecule has 0 spiro atoms. The van der Waals surface area contributed by atoms with Crippen molar-refractivity contribution in [3.63, 3.8) is 0 Å². The van der Waals surface area contributed by atoms with Crippen molar-refractivity contribution in [2.45, 2.75) is 45.1 Å². The summed E-state index contributed by atoms with van der Waals surface area (Å²) in [6.45, 7) is 4.36. The molecule has 0 unspecified atom stereocenters. The van der Waals surface area contributed by atoms with Crippen LogP contribution in [0.25, 0.3) is 0 Å². The Hall–Kier alpha value is -2.15. The molecule has 1 heterocycles. The second kappa shape index (κ2) is 8.49. The van der Waals surface area contributed by atoms with Crippen LogP contribution in [0.1, 0.15) is 38.7 Å². The Morgan fingerprint density at radius 2 is 1.69 bits per heavy atom. The Labute approximate surface area is 153 Å². The Balaban J connectivity index is 1.81. The first kappa shape index (κ1) is 20.2. The van der Waals surface area contributed by atoms with Crippen LogP contribution >= 0.6 is 0 Å². The van der Waals surface area contributed by atoms with Crippen LogP contribution < -0.4 is 11.2 Å². The van der Waals surface area contributed by atoms with Crippen LogP contribution in [0.3, 0.4) is 0 Å². The van der Waals surface area contributed by atoms with Crippen molar-refractivity contribution in [1.82, 2.24) is 9.55 Å². The third kappa shape index (κ3) is 5.98. The molecule has 1 aromatic heterocycles. The van der Waals surface area contributed by atoms with E-state index in [-0.39, 0.29) is 11.5 Å². The number of aryl methyl sites for hydroxylation is 1. The first-order chi connectivity index (χ1) is 12.2. The van der Waals surface area contributed by atoms with Gasteiger partial charge in [-0.3, -0.25) is 9.78 Å². The van der Waals surface area contributed by atoms with Crippen LogP contribution in [-0.4, -0.2) is 29.5 Å². The predicted molar refractivity (Wildman–Crippen MR) is 103 cm³/mol. The zero-order chi connectivity index (χ0) is 19.2. The number of nitrogens with one attached hydrogen (secondary N) is 1. The van der Waals surface area contributed by atoms with Crippen LogP contribution in [0.15, 0.2) is 52.2 Å². The van der Waals surface area contributed by atoms with Gasteiger partial charge >= 0.3 is 5.69 Å². The van der Waals surface area contributed by atoms with E-state index in [0.717, 1.165) is 5.56 Å². The standard InChI is InChI=1S/C19H26N2O4S/c1-19(2,16-9-5-3-6-10-16)15-26(24,25)14-8-4-7-12-21-13-11-17(22)20-18(21)23/h3,5-6,9-11,13H,4,7-8,12,14-15H2,1-2H3,(H,20,22,23). The lowest BCUT2D eigenvalue weighted by atomic mass is 9.87. The van der Waals surface area contributed by atoms with Gasteiger partial charge < -0.3 is 4.57 Å². The number of unbranched alkanes of at least 4 members (excludes halogenated alkanes) is 2. The molecule has 142 valence electrons. The number of hydrogen-bond acceptors (Lipinski definition) is 4. The van der Waals surface area contributed by atoms with E-state index in [0.29, 0.717) is 25.8 Å². The van der Waals surface area contributed by atoms with Crippen molar-refractivity contribution in [3.05, 3.63) is 69.0 Å². The minimum Gasteiger partial charge on any atom is -0.301 e. The molecule has 1 aromatic carbocycles. The van der Waals surface area contributed by atoms with Gasteiger partial charge in [0.25, 0.3) is 5.56 Å². The van der Waals surface area contributed by atoms with E-state index < -0.39 is 26.5 Å². The second-order valence-electron chi connectivity index (χ2n) is 7.21. The van der Waals surface area contributed by atoms with E-state index >= 15 is 0 Å². The van der Waals surface area contributed by atoms with Crippen LogP contribution in [0.5, 0.6) is 0 Å². The van der Waals surface area contributed by atoms with Crippen molar-refractivity contribution in [2.75, 3.05) is 11.5 Å². The monoisotopic (exact) mass is 378 g/mol. The van der Waals surface area contributed by atoms with Crippen molar-refractivity contribution >= 4 is 9.84 Å². The average molecular weight is 378 g/mol. The van der Waals surface area contributed by atoms with Crippen molar-refractivity contribution in [3.8, 4) is 0 Å². The zero-order valence-electron chi connectivity index (χ0n) is 15.3. The van der Waals surface area contributed by atoms with Crippen molar-refractivity contribution < 1.29 is 8.42 Å². The van der Waals surface area contributed by atoms with Crippen LogP contribution in [0, 0.1) is 0 Å². The van der Waals surface area contributed by atoms with E-state index in [2.05, 4.69) is 4.98 Å². The topological polar surface area (TPSA) is 89.0 Å². The highest BCUT2D eigenvalue weighted by molar-refractivity contribution is 7.91. The van der Waals surface area contributed by atoms with Gasteiger partial charge in [-0.05, 0) is 18.4 Å². The molecule has 0 bridgehead atoms. The molecule has 7 heteroatoms. The summed E-state index contributed by atoms with van der Waals surface area (Å²) in [5.41, 5.74) is -0.266. The summed E-state index contributed by atoms with van der Waals surface area (Å²) in [5.74, 6) is 0.257. The lowest BCUT2D eigenvalue weighted by molar-refractivity contribution is 0.539. The molecule has 26 heavy (non-hydrogen) atoms. The molecule has 0 aliphatic heterocycles. The van der Waals surface area contributed by atoms with E-state index in [1.165, 1.54) is 16.8 Å². The molecule has 0 aliphatic carbocycles. The molecule has 2 aromatic rings. The fourth-order valence-corrected chi connectivity index (χ4v) is 5.05. The number of benzene rings is 1. The quantitative estimate of drug-likeness (QED) is 0.677. The summed E-state index contributed by atoms with van der Waals surface area (Å²) in [4.78, 5) is 24.8. The Kier molecular flexibility index (Phi) is 6.58. The molecule has 2 rings (SSSR count). The fourth-order valence-electron chi connectivity index (χ4n) is 3.00. The lowest BCUT2D eigenvalue weighted by Gasteiger charge is -2.25. The molecule has 0 radical (unpaired) electrons.